The van der Waals surface area contributed by atoms with Gasteiger partial charge < -0.3 is 25.4 Å². The van der Waals surface area contributed by atoms with E-state index in [1.54, 1.807) is 84.6 Å². The number of hydrogen-bond acceptors (Lipinski definition) is 5. The van der Waals surface area contributed by atoms with Crippen LogP contribution in [0, 0.1) is 0 Å². The van der Waals surface area contributed by atoms with Gasteiger partial charge in [0.15, 0.2) is 0 Å². The minimum atomic E-state index is -0.420. The molecule has 216 valence electrons. The van der Waals surface area contributed by atoms with E-state index in [2.05, 4.69) is 16.0 Å². The van der Waals surface area contributed by atoms with Gasteiger partial charge >= 0.3 is 18.0 Å². The summed E-state index contributed by atoms with van der Waals surface area (Å²) < 4.78 is 10.8. The van der Waals surface area contributed by atoms with Gasteiger partial charge in [0, 0.05) is 35.2 Å². The van der Waals surface area contributed by atoms with Crippen molar-refractivity contribution in [1.82, 2.24) is 5.32 Å². The molecule has 0 aromatic heterocycles. The molecule has 0 aliphatic rings. The molecule has 3 N–H and O–H groups in total. The summed E-state index contributed by atoms with van der Waals surface area (Å²) in [4.78, 5) is 39.1. The number of nitrogens with zero attached hydrogens (tertiary/aromatic N) is 1. The second-order valence-corrected chi connectivity index (χ2v) is 9.47. The first-order valence-electron chi connectivity index (χ1n) is 13.4. The van der Waals surface area contributed by atoms with E-state index in [1.807, 2.05) is 30.3 Å². The van der Waals surface area contributed by atoms with E-state index in [0.717, 1.165) is 0 Å². The molecular weight excluding hydrogens is 556 g/mol. The summed E-state index contributed by atoms with van der Waals surface area (Å²) in [5, 5.41) is 8.98. The summed E-state index contributed by atoms with van der Waals surface area (Å²) in [5.74, 6) is 0.926. The fraction of sp³-hybridized carbons (Fsp3) is 0.156. The van der Waals surface area contributed by atoms with Crippen LogP contribution in [0.1, 0.15) is 23.7 Å². The summed E-state index contributed by atoms with van der Waals surface area (Å²) in [6.07, 6.45) is 0.478. The number of nitrogens with one attached hydrogen (secondary N) is 3. The van der Waals surface area contributed by atoms with Crippen molar-refractivity contribution in [2.75, 3.05) is 35.2 Å². The van der Waals surface area contributed by atoms with Crippen molar-refractivity contribution in [1.29, 1.82) is 0 Å². The Morgan fingerprint density at radius 3 is 2.05 bits per heavy atom. The van der Waals surface area contributed by atoms with Crippen LogP contribution in [0.4, 0.5) is 26.7 Å². The topological polar surface area (TPSA) is 109 Å². The third-order valence-corrected chi connectivity index (χ3v) is 6.22. The highest BCUT2D eigenvalue weighted by atomic mass is 35.5. The smallest absolute Gasteiger partial charge is 0.338 e. The summed E-state index contributed by atoms with van der Waals surface area (Å²) >= 11 is 5.98. The zero-order valence-corrected chi connectivity index (χ0v) is 23.8. The number of carbonyl (C=O) groups is 3. The molecule has 0 aliphatic heterocycles. The van der Waals surface area contributed by atoms with E-state index >= 15 is 0 Å². The molecule has 10 heteroatoms. The van der Waals surface area contributed by atoms with Crippen LogP contribution in [0.25, 0.3) is 0 Å². The van der Waals surface area contributed by atoms with Crippen molar-refractivity contribution in [3.05, 3.63) is 114 Å². The second-order valence-electron chi connectivity index (χ2n) is 9.03. The molecule has 42 heavy (non-hydrogen) atoms. The molecule has 9 nitrogen and oxygen atoms in total. The van der Waals surface area contributed by atoms with Crippen LogP contribution in [0.2, 0.25) is 5.02 Å². The minimum absolute atomic E-state index is 0.287. The lowest BCUT2D eigenvalue weighted by atomic mass is 10.2. The molecule has 4 amide bonds. The maximum atomic E-state index is 13.3. The molecule has 0 saturated carbocycles. The average Bonchev–Trinajstić information content (AvgIpc) is 3.00. The lowest BCUT2D eigenvalue weighted by molar-refractivity contribution is 0.0526. The molecule has 0 fully saturated rings. The van der Waals surface area contributed by atoms with Gasteiger partial charge in [0.25, 0.3) is 0 Å². The molecule has 0 saturated heterocycles. The first-order chi connectivity index (χ1) is 20.4. The molecule has 4 aromatic rings. The summed E-state index contributed by atoms with van der Waals surface area (Å²) in [5.41, 5.74) is 2.19. The molecule has 0 unspecified atom stereocenters. The number of carbonyl (C=O) groups excluding carboxylic acids is 3. The minimum Gasteiger partial charge on any atom is -0.462 e. The van der Waals surface area contributed by atoms with Crippen LogP contribution >= 0.6 is 11.6 Å². The Kier molecular flexibility index (Phi) is 10.8. The molecule has 0 heterocycles. The Morgan fingerprint density at radius 1 is 0.762 bits per heavy atom. The number of amides is 4. The van der Waals surface area contributed by atoms with Gasteiger partial charge in [-0.05, 0) is 98.3 Å². The number of urea groups is 2. The highest BCUT2D eigenvalue weighted by Crippen LogP contribution is 2.25. The molecule has 4 aromatic carbocycles. The van der Waals surface area contributed by atoms with Crippen molar-refractivity contribution in [3.8, 4) is 11.5 Å². The second kappa shape index (κ2) is 15.1. The summed E-state index contributed by atoms with van der Waals surface area (Å²) in [7, 11) is 0. The van der Waals surface area contributed by atoms with E-state index in [9.17, 15) is 14.4 Å². The molecule has 0 atom stereocenters. The predicted molar refractivity (Wildman–Crippen MR) is 165 cm³/mol. The molecule has 4 rings (SSSR count). The standard InChI is InChI=1S/C32H31ClN4O5/c1-2-41-30(38)23-9-13-25(14-10-23)35-31(39)34-21-6-22-37(32(40)36-26-15-11-24(33)12-16-26)27-17-19-29(20-18-27)42-28-7-4-3-5-8-28/h3-5,7-20H,2,6,21-22H2,1H3,(H,36,40)(H2,34,35,39). The Hall–Kier alpha value is -5.02. The number of hydrogen-bond donors (Lipinski definition) is 3. The van der Waals surface area contributed by atoms with Crippen LogP contribution < -0.4 is 25.6 Å². The Bertz CT molecular complexity index is 1460. The highest BCUT2D eigenvalue weighted by Gasteiger charge is 2.17. The van der Waals surface area contributed by atoms with Gasteiger partial charge in [-0.1, -0.05) is 29.8 Å². The Morgan fingerprint density at radius 2 is 1.38 bits per heavy atom. The average molecular weight is 587 g/mol. The van der Waals surface area contributed by atoms with Gasteiger partial charge in [-0.3, -0.25) is 4.90 Å². The Labute approximate surface area is 249 Å². The number of esters is 1. The molecule has 0 aliphatic carbocycles. The molecule has 0 spiro atoms. The first kappa shape index (κ1) is 30.0. The van der Waals surface area contributed by atoms with Crippen molar-refractivity contribution >= 4 is 46.7 Å². The van der Waals surface area contributed by atoms with E-state index in [-0.39, 0.29) is 12.6 Å². The van der Waals surface area contributed by atoms with Crippen molar-refractivity contribution < 1.29 is 23.9 Å². The van der Waals surface area contributed by atoms with Gasteiger partial charge in [-0.2, -0.15) is 0 Å². The van der Waals surface area contributed by atoms with Crippen molar-refractivity contribution in [3.63, 3.8) is 0 Å². The SMILES string of the molecule is CCOC(=O)c1ccc(NC(=O)NCCCN(C(=O)Nc2ccc(Cl)cc2)c2ccc(Oc3ccccc3)cc2)cc1. The van der Waals surface area contributed by atoms with Crippen LogP contribution in [-0.4, -0.2) is 37.7 Å². The van der Waals surface area contributed by atoms with Gasteiger partial charge in [0.1, 0.15) is 11.5 Å². The lowest BCUT2D eigenvalue weighted by Gasteiger charge is -2.24. The quantitative estimate of drug-likeness (QED) is 0.124. The van der Waals surface area contributed by atoms with E-state index in [1.165, 1.54) is 0 Å². The predicted octanol–water partition coefficient (Wildman–Crippen LogP) is 7.56. The fourth-order valence-electron chi connectivity index (χ4n) is 3.91. The zero-order valence-electron chi connectivity index (χ0n) is 23.0. The van der Waals surface area contributed by atoms with E-state index < -0.39 is 12.0 Å². The number of benzene rings is 4. The zero-order chi connectivity index (χ0) is 29.7. The van der Waals surface area contributed by atoms with Gasteiger partial charge in [-0.15, -0.1) is 0 Å². The van der Waals surface area contributed by atoms with Crippen molar-refractivity contribution in [2.45, 2.75) is 13.3 Å². The van der Waals surface area contributed by atoms with Crippen molar-refractivity contribution in [2.24, 2.45) is 0 Å². The van der Waals surface area contributed by atoms with Crippen LogP contribution in [0.3, 0.4) is 0 Å². The van der Waals surface area contributed by atoms with E-state index in [4.69, 9.17) is 21.1 Å². The number of halogens is 1. The lowest BCUT2D eigenvalue weighted by Crippen LogP contribution is -2.38. The van der Waals surface area contributed by atoms with Crippen LogP contribution in [0.5, 0.6) is 11.5 Å². The van der Waals surface area contributed by atoms with Crippen LogP contribution in [-0.2, 0) is 4.74 Å². The molecular formula is C32H31ClN4O5. The third kappa shape index (κ3) is 9.00. The molecule has 0 bridgehead atoms. The number of rotatable bonds is 11. The third-order valence-electron chi connectivity index (χ3n) is 5.97. The molecule has 0 radical (unpaired) electrons. The highest BCUT2D eigenvalue weighted by molar-refractivity contribution is 6.30. The summed E-state index contributed by atoms with van der Waals surface area (Å²) in [6.45, 7) is 2.66. The van der Waals surface area contributed by atoms with Crippen LogP contribution in [0.15, 0.2) is 103 Å². The number of ether oxygens (including phenoxy) is 2. The van der Waals surface area contributed by atoms with E-state index in [0.29, 0.717) is 58.7 Å². The largest absolute Gasteiger partial charge is 0.462 e. The van der Waals surface area contributed by atoms with Gasteiger partial charge in [0.2, 0.25) is 0 Å². The van der Waals surface area contributed by atoms with Gasteiger partial charge in [-0.25, -0.2) is 14.4 Å². The van der Waals surface area contributed by atoms with Gasteiger partial charge in [0.05, 0.1) is 12.2 Å². The maximum absolute atomic E-state index is 13.3. The summed E-state index contributed by atoms with van der Waals surface area (Å²) in [6, 6.07) is 29.1. The fourth-order valence-corrected chi connectivity index (χ4v) is 4.04. The maximum Gasteiger partial charge on any atom is 0.338 e. The monoisotopic (exact) mass is 586 g/mol. The first-order valence-corrected chi connectivity index (χ1v) is 13.8. The number of anilines is 3. The number of para-hydroxylation sites is 1. The Balaban J connectivity index is 1.35. The normalized spacial score (nSPS) is 10.3.